The maximum atomic E-state index is 12.9. The van der Waals surface area contributed by atoms with Crippen LogP contribution in [-0.2, 0) is 21.4 Å². The van der Waals surface area contributed by atoms with Crippen LogP contribution in [0.3, 0.4) is 0 Å². The highest BCUT2D eigenvalue weighted by molar-refractivity contribution is 7.95. The summed E-state index contributed by atoms with van der Waals surface area (Å²) in [6, 6.07) is 8.27. The molecule has 15 heteroatoms. The van der Waals surface area contributed by atoms with Gasteiger partial charge in [-0.05, 0) is 48.7 Å². The first kappa shape index (κ1) is 29.5. The molecule has 0 radical (unpaired) electrons. The summed E-state index contributed by atoms with van der Waals surface area (Å²) in [7, 11) is -4.04. The minimum Gasteiger partial charge on any atom is -0.370 e. The number of Topliss-reactive ketones (excluding diaryl/α,β-unsaturated/α-hetero) is 1. The molecule has 1 aromatic carbocycles. The van der Waals surface area contributed by atoms with Crippen LogP contribution in [0.4, 0.5) is 5.69 Å². The minimum absolute atomic E-state index is 0.0859. The van der Waals surface area contributed by atoms with Crippen LogP contribution < -0.4 is 27.1 Å². The second kappa shape index (κ2) is 13.7. The van der Waals surface area contributed by atoms with Crippen molar-refractivity contribution >= 4 is 62.4 Å². The molecule has 206 valence electrons. The number of thiazole rings is 1. The summed E-state index contributed by atoms with van der Waals surface area (Å²) in [5.41, 5.74) is 10.2. The number of aromatic nitrogens is 2. The minimum atomic E-state index is -4.04. The maximum absolute atomic E-state index is 12.9. The molecule has 12 nitrogen and oxygen atoms in total. The van der Waals surface area contributed by atoms with Gasteiger partial charge in [0.1, 0.15) is 12.2 Å². The zero-order valence-electron chi connectivity index (χ0n) is 20.5. The van der Waals surface area contributed by atoms with Crippen LogP contribution in [0.5, 0.6) is 0 Å². The number of nitrogens with one attached hydrogen (secondary N) is 2. The first-order chi connectivity index (χ1) is 18.5. The molecule has 0 saturated carbocycles. The molecule has 1 atom stereocenters. The lowest BCUT2D eigenvalue weighted by Gasteiger charge is -2.17. The van der Waals surface area contributed by atoms with Gasteiger partial charge in [0, 0.05) is 29.3 Å². The van der Waals surface area contributed by atoms with E-state index in [0.29, 0.717) is 17.0 Å². The van der Waals surface area contributed by atoms with Crippen LogP contribution in [0.25, 0.3) is 6.08 Å². The molecule has 2 heterocycles. The zero-order valence-corrected chi connectivity index (χ0v) is 22.9. The van der Waals surface area contributed by atoms with Crippen LogP contribution in [0, 0.1) is 0 Å². The van der Waals surface area contributed by atoms with E-state index < -0.39 is 34.1 Å². The largest absolute Gasteiger partial charge is 0.370 e. The predicted molar refractivity (Wildman–Crippen MR) is 152 cm³/mol. The molecule has 2 aromatic heterocycles. The topological polar surface area (TPSA) is 192 Å². The van der Waals surface area contributed by atoms with Gasteiger partial charge in [-0.3, -0.25) is 24.1 Å². The first-order valence-electron chi connectivity index (χ1n) is 11.5. The number of aliphatic imine (C=N–C) groups is 1. The van der Waals surface area contributed by atoms with Crippen molar-refractivity contribution in [1.82, 2.24) is 14.9 Å². The molecule has 0 aliphatic heterocycles. The number of hydrogen-bond acceptors (Lipinski definition) is 8. The van der Waals surface area contributed by atoms with E-state index in [4.69, 9.17) is 23.1 Å². The number of sulfonamides is 1. The number of rotatable bonds is 13. The van der Waals surface area contributed by atoms with E-state index in [0.717, 1.165) is 21.3 Å². The third-order valence-electron chi connectivity index (χ3n) is 5.14. The van der Waals surface area contributed by atoms with E-state index in [-0.39, 0.29) is 35.4 Å². The SMILES string of the molecule is NC(N)=NCCC[C@H](NC(=O)Cn1cccc(NS(=O)(=O)/C=C/c2ccc(Cl)cc2)c1=O)C(=O)c1nccs1. The second-order valence-corrected chi connectivity index (χ2v) is 11.0. The lowest BCUT2D eigenvalue weighted by molar-refractivity contribution is -0.122. The molecular weight excluding hydrogens is 566 g/mol. The van der Waals surface area contributed by atoms with Gasteiger partial charge in [0.15, 0.2) is 11.0 Å². The molecular formula is C24H26ClN7O5S2. The van der Waals surface area contributed by atoms with Gasteiger partial charge in [0.2, 0.25) is 11.7 Å². The lowest BCUT2D eigenvalue weighted by atomic mass is 10.1. The van der Waals surface area contributed by atoms with E-state index in [1.54, 1.807) is 29.6 Å². The Morgan fingerprint density at radius 2 is 1.95 bits per heavy atom. The van der Waals surface area contributed by atoms with Gasteiger partial charge in [-0.25, -0.2) is 13.4 Å². The number of carbonyl (C=O) groups excluding carboxylic acids is 2. The van der Waals surface area contributed by atoms with Gasteiger partial charge in [0.25, 0.3) is 15.6 Å². The summed E-state index contributed by atoms with van der Waals surface area (Å²) in [6.45, 7) is -0.196. The molecule has 1 amide bonds. The molecule has 0 fully saturated rings. The van der Waals surface area contributed by atoms with Crippen LogP contribution in [0.15, 0.2) is 69.4 Å². The van der Waals surface area contributed by atoms with Crippen LogP contribution in [0.1, 0.15) is 28.2 Å². The van der Waals surface area contributed by atoms with Crippen molar-refractivity contribution in [2.45, 2.75) is 25.4 Å². The Morgan fingerprint density at radius 3 is 2.62 bits per heavy atom. The average molecular weight is 592 g/mol. The highest BCUT2D eigenvalue weighted by Crippen LogP contribution is 2.13. The quantitative estimate of drug-likeness (QED) is 0.1000. The zero-order chi connectivity index (χ0) is 28.4. The van der Waals surface area contributed by atoms with Crippen molar-refractivity contribution in [2.24, 2.45) is 16.5 Å². The molecule has 0 aliphatic carbocycles. The van der Waals surface area contributed by atoms with Gasteiger partial charge in [0.05, 0.1) is 11.4 Å². The Balaban J connectivity index is 1.69. The molecule has 0 saturated heterocycles. The Bertz CT molecular complexity index is 1510. The monoisotopic (exact) mass is 591 g/mol. The van der Waals surface area contributed by atoms with E-state index in [1.807, 2.05) is 0 Å². The molecule has 0 spiro atoms. The number of carbonyl (C=O) groups is 2. The summed E-state index contributed by atoms with van der Waals surface area (Å²) in [5, 5.41) is 5.91. The van der Waals surface area contributed by atoms with Gasteiger partial charge in [-0.1, -0.05) is 23.7 Å². The summed E-state index contributed by atoms with van der Waals surface area (Å²) in [6.07, 6.45) is 4.79. The van der Waals surface area contributed by atoms with Crippen LogP contribution in [-0.4, -0.2) is 48.2 Å². The third-order valence-corrected chi connectivity index (χ3v) is 7.17. The summed E-state index contributed by atoms with van der Waals surface area (Å²) >= 11 is 6.97. The number of halogens is 1. The summed E-state index contributed by atoms with van der Waals surface area (Å²) < 4.78 is 28.2. The molecule has 3 rings (SSSR count). The van der Waals surface area contributed by atoms with Crippen molar-refractivity contribution < 1.29 is 18.0 Å². The van der Waals surface area contributed by atoms with Crippen LogP contribution in [0.2, 0.25) is 5.02 Å². The first-order valence-corrected chi connectivity index (χ1v) is 14.3. The molecule has 6 N–H and O–H groups in total. The van der Waals surface area contributed by atoms with Crippen molar-refractivity contribution in [3.8, 4) is 0 Å². The Hall–Kier alpha value is -4.01. The van der Waals surface area contributed by atoms with E-state index >= 15 is 0 Å². The number of pyridine rings is 1. The number of anilines is 1. The number of nitrogens with two attached hydrogens (primary N) is 2. The Kier molecular flexibility index (Phi) is 10.4. The normalized spacial score (nSPS) is 12.1. The second-order valence-electron chi connectivity index (χ2n) is 8.13. The molecule has 3 aromatic rings. The highest BCUT2D eigenvalue weighted by atomic mass is 35.5. The lowest BCUT2D eigenvalue weighted by Crippen LogP contribution is -2.43. The highest BCUT2D eigenvalue weighted by Gasteiger charge is 2.24. The van der Waals surface area contributed by atoms with E-state index in [9.17, 15) is 22.8 Å². The van der Waals surface area contributed by atoms with E-state index in [2.05, 4.69) is 20.0 Å². The number of ketones is 1. The number of guanidine groups is 1. The van der Waals surface area contributed by atoms with Gasteiger partial charge < -0.3 is 21.4 Å². The summed E-state index contributed by atoms with van der Waals surface area (Å²) in [5.74, 6) is -1.10. The Morgan fingerprint density at radius 1 is 1.21 bits per heavy atom. The number of benzene rings is 1. The predicted octanol–water partition coefficient (Wildman–Crippen LogP) is 1.79. The van der Waals surface area contributed by atoms with Crippen molar-refractivity contribution in [2.75, 3.05) is 11.3 Å². The fourth-order valence-electron chi connectivity index (χ4n) is 3.33. The summed E-state index contributed by atoms with van der Waals surface area (Å²) in [4.78, 5) is 46.4. The average Bonchev–Trinajstić information content (AvgIpc) is 3.42. The van der Waals surface area contributed by atoms with Crippen molar-refractivity contribution in [1.29, 1.82) is 0 Å². The van der Waals surface area contributed by atoms with Crippen molar-refractivity contribution in [3.63, 3.8) is 0 Å². The standard InChI is InChI=1S/C24H26ClN7O5S2/c25-17-7-5-16(6-8-17)9-14-39(36,37)31-19-4-2-12-32(23(19)35)15-20(33)30-18(3-1-10-29-24(26)27)21(34)22-28-11-13-38-22/h2,4-9,11-14,18,31H,1,3,10,15H2,(H,30,33)(H4,26,27,29)/b14-9+/t18-/m0/s1. The van der Waals surface area contributed by atoms with E-state index in [1.165, 1.54) is 30.6 Å². The molecule has 0 bridgehead atoms. The molecule has 0 aliphatic rings. The smallest absolute Gasteiger partial charge is 0.275 e. The van der Waals surface area contributed by atoms with Gasteiger partial charge >= 0.3 is 0 Å². The Labute approximate surface area is 233 Å². The number of hydrogen-bond donors (Lipinski definition) is 4. The third kappa shape index (κ3) is 9.35. The van der Waals surface area contributed by atoms with Gasteiger partial charge in [-0.2, -0.15) is 0 Å². The van der Waals surface area contributed by atoms with Crippen LogP contribution >= 0.6 is 22.9 Å². The fourth-order valence-corrected chi connectivity index (χ4v) is 4.95. The maximum Gasteiger partial charge on any atom is 0.275 e. The molecule has 0 unspecified atom stereocenters. The molecule has 39 heavy (non-hydrogen) atoms. The number of nitrogens with zero attached hydrogens (tertiary/aromatic N) is 3. The van der Waals surface area contributed by atoms with Gasteiger partial charge in [-0.15, -0.1) is 11.3 Å². The van der Waals surface area contributed by atoms with Crippen molar-refractivity contribution in [3.05, 3.63) is 85.5 Å². The number of amides is 1. The fraction of sp³-hybridized carbons (Fsp3) is 0.208.